The van der Waals surface area contributed by atoms with Gasteiger partial charge in [-0.1, -0.05) is 36.0 Å². The lowest BCUT2D eigenvalue weighted by molar-refractivity contribution is -0.143. The SMILES string of the molecule is FC(F)(F)c1cc(N2c3ccccc3Sc3ccccc32)cc(C(F)(F)F)c1. The van der Waals surface area contributed by atoms with Crippen LogP contribution >= 0.6 is 11.8 Å². The van der Waals surface area contributed by atoms with Gasteiger partial charge in [-0.05, 0) is 42.5 Å². The molecule has 0 fully saturated rings. The largest absolute Gasteiger partial charge is 0.416 e. The third-order valence-corrected chi connectivity index (χ3v) is 5.39. The van der Waals surface area contributed by atoms with E-state index in [9.17, 15) is 26.3 Å². The Hall–Kier alpha value is -2.61. The first-order valence-electron chi connectivity index (χ1n) is 8.10. The maximum absolute atomic E-state index is 13.3. The van der Waals surface area contributed by atoms with Gasteiger partial charge in [0.2, 0.25) is 0 Å². The van der Waals surface area contributed by atoms with Crippen LogP contribution in [-0.2, 0) is 12.4 Å². The molecule has 8 heteroatoms. The average Bonchev–Trinajstić information content (AvgIpc) is 2.64. The van der Waals surface area contributed by atoms with Gasteiger partial charge in [-0.3, -0.25) is 0 Å². The second-order valence-electron chi connectivity index (χ2n) is 6.14. The molecule has 0 N–H and O–H groups in total. The van der Waals surface area contributed by atoms with Gasteiger partial charge in [0.1, 0.15) is 0 Å². The quantitative estimate of drug-likeness (QED) is 0.296. The fourth-order valence-electron chi connectivity index (χ4n) is 3.05. The molecule has 0 unspecified atom stereocenters. The normalized spacial score (nSPS) is 13.9. The minimum atomic E-state index is -4.90. The van der Waals surface area contributed by atoms with E-state index in [2.05, 4.69) is 0 Å². The summed E-state index contributed by atoms with van der Waals surface area (Å²) in [6.45, 7) is 0. The number of halogens is 6. The average molecular weight is 411 g/mol. The maximum atomic E-state index is 13.3. The highest BCUT2D eigenvalue weighted by Gasteiger charge is 2.38. The van der Waals surface area contributed by atoms with Crippen LogP contribution in [0, 0.1) is 0 Å². The first-order valence-corrected chi connectivity index (χ1v) is 8.92. The van der Waals surface area contributed by atoms with E-state index >= 15 is 0 Å². The first kappa shape index (κ1) is 18.7. The molecule has 1 nitrogen and oxygen atoms in total. The number of alkyl halides is 6. The number of rotatable bonds is 1. The third kappa shape index (κ3) is 3.32. The van der Waals surface area contributed by atoms with Crippen molar-refractivity contribution in [3.05, 3.63) is 77.9 Å². The van der Waals surface area contributed by atoms with Crippen molar-refractivity contribution in [1.82, 2.24) is 0 Å². The molecule has 0 amide bonds. The molecule has 144 valence electrons. The smallest absolute Gasteiger partial charge is 0.308 e. The number of hydrogen-bond acceptors (Lipinski definition) is 2. The van der Waals surface area contributed by atoms with Crippen LogP contribution in [0.25, 0.3) is 0 Å². The topological polar surface area (TPSA) is 3.24 Å². The summed E-state index contributed by atoms with van der Waals surface area (Å²) in [6, 6.07) is 15.5. The van der Waals surface area contributed by atoms with E-state index in [1.54, 1.807) is 48.5 Å². The van der Waals surface area contributed by atoms with E-state index in [4.69, 9.17) is 0 Å². The summed E-state index contributed by atoms with van der Waals surface area (Å²) in [7, 11) is 0. The van der Waals surface area contributed by atoms with Gasteiger partial charge in [0.25, 0.3) is 0 Å². The molecular weight excluding hydrogens is 400 g/mol. The molecule has 1 aliphatic rings. The second kappa shape index (κ2) is 6.48. The van der Waals surface area contributed by atoms with Crippen LogP contribution in [0.3, 0.4) is 0 Å². The van der Waals surface area contributed by atoms with Gasteiger partial charge in [-0.15, -0.1) is 0 Å². The van der Waals surface area contributed by atoms with Crippen molar-refractivity contribution in [2.45, 2.75) is 22.1 Å². The summed E-state index contributed by atoms with van der Waals surface area (Å²) < 4.78 is 79.8. The Labute approximate surface area is 160 Å². The van der Waals surface area contributed by atoms with Crippen LogP contribution in [-0.4, -0.2) is 0 Å². The van der Waals surface area contributed by atoms with Crippen molar-refractivity contribution < 1.29 is 26.3 Å². The second-order valence-corrected chi connectivity index (χ2v) is 7.22. The molecule has 0 bridgehead atoms. The standard InChI is InChI=1S/C20H11F6NS/c21-19(22,23)12-9-13(20(24,25)26)11-14(10-12)27-15-5-1-3-7-17(15)28-18-8-4-2-6-16(18)27/h1-11H. The van der Waals surface area contributed by atoms with Crippen LogP contribution < -0.4 is 4.90 Å². The molecule has 3 aromatic rings. The van der Waals surface area contributed by atoms with E-state index in [1.807, 2.05) is 0 Å². The molecule has 4 rings (SSSR count). The minimum absolute atomic E-state index is 0.139. The fraction of sp³-hybridized carbons (Fsp3) is 0.100. The van der Waals surface area contributed by atoms with Crippen LogP contribution in [0.4, 0.5) is 43.4 Å². The van der Waals surface area contributed by atoms with Crippen molar-refractivity contribution in [1.29, 1.82) is 0 Å². The van der Waals surface area contributed by atoms with Crippen molar-refractivity contribution in [3.63, 3.8) is 0 Å². The molecule has 0 saturated carbocycles. The lowest BCUT2D eigenvalue weighted by Gasteiger charge is -2.33. The molecule has 0 atom stereocenters. The number of fused-ring (bicyclic) bond motifs is 2. The molecule has 0 spiro atoms. The molecule has 1 aliphatic heterocycles. The van der Waals surface area contributed by atoms with Gasteiger partial charge >= 0.3 is 12.4 Å². The first-order chi connectivity index (χ1) is 13.1. The summed E-state index contributed by atoms with van der Waals surface area (Å²) in [5, 5.41) is 0. The minimum Gasteiger partial charge on any atom is -0.308 e. The summed E-state index contributed by atoms with van der Waals surface area (Å²) in [5.74, 6) is 0. The van der Waals surface area contributed by atoms with E-state index in [0.29, 0.717) is 11.4 Å². The molecule has 0 aliphatic carbocycles. The Bertz CT molecular complexity index is 964. The number of para-hydroxylation sites is 2. The zero-order valence-electron chi connectivity index (χ0n) is 14.0. The van der Waals surface area contributed by atoms with Crippen molar-refractivity contribution in [2.75, 3.05) is 4.90 Å². The van der Waals surface area contributed by atoms with Crippen molar-refractivity contribution in [2.24, 2.45) is 0 Å². The van der Waals surface area contributed by atoms with Crippen LogP contribution in [0.1, 0.15) is 11.1 Å². The monoisotopic (exact) mass is 411 g/mol. The van der Waals surface area contributed by atoms with Gasteiger partial charge in [-0.2, -0.15) is 26.3 Å². The highest BCUT2D eigenvalue weighted by Crippen LogP contribution is 2.52. The highest BCUT2D eigenvalue weighted by atomic mass is 32.2. The fourth-order valence-corrected chi connectivity index (χ4v) is 4.11. The highest BCUT2D eigenvalue weighted by molar-refractivity contribution is 7.99. The molecule has 3 aromatic carbocycles. The van der Waals surface area contributed by atoms with Gasteiger partial charge < -0.3 is 4.90 Å². The van der Waals surface area contributed by atoms with Gasteiger partial charge in [0.05, 0.1) is 22.5 Å². The zero-order valence-corrected chi connectivity index (χ0v) is 14.8. The Kier molecular flexibility index (Phi) is 4.33. The van der Waals surface area contributed by atoms with Crippen molar-refractivity contribution >= 4 is 28.8 Å². The third-order valence-electron chi connectivity index (χ3n) is 4.26. The summed E-state index contributed by atoms with van der Waals surface area (Å²) in [6.07, 6.45) is -9.81. The van der Waals surface area contributed by atoms with Gasteiger partial charge in [0, 0.05) is 15.5 Å². The number of nitrogens with zero attached hydrogens (tertiary/aromatic N) is 1. The van der Waals surface area contributed by atoms with E-state index in [0.717, 1.165) is 21.9 Å². The van der Waals surface area contributed by atoms with E-state index in [-0.39, 0.29) is 11.8 Å². The van der Waals surface area contributed by atoms with Crippen LogP contribution in [0.2, 0.25) is 0 Å². The van der Waals surface area contributed by atoms with E-state index in [1.165, 1.54) is 16.7 Å². The van der Waals surface area contributed by atoms with Crippen molar-refractivity contribution in [3.8, 4) is 0 Å². The van der Waals surface area contributed by atoms with Gasteiger partial charge in [-0.25, -0.2) is 0 Å². The molecule has 0 saturated heterocycles. The number of benzene rings is 3. The van der Waals surface area contributed by atoms with Gasteiger partial charge in [0.15, 0.2) is 0 Å². The Morgan fingerprint density at radius 1 is 0.607 bits per heavy atom. The van der Waals surface area contributed by atoms with Crippen LogP contribution in [0.5, 0.6) is 0 Å². The molecule has 0 radical (unpaired) electrons. The molecular formula is C20H11F6NS. The Morgan fingerprint density at radius 2 is 1.04 bits per heavy atom. The summed E-state index contributed by atoms with van der Waals surface area (Å²) >= 11 is 1.41. The lowest BCUT2D eigenvalue weighted by Crippen LogP contribution is -2.18. The number of hydrogen-bond donors (Lipinski definition) is 0. The predicted octanol–water partition coefficient (Wildman–Crippen LogP) is 7.66. The maximum Gasteiger partial charge on any atom is 0.416 e. The Morgan fingerprint density at radius 3 is 1.46 bits per heavy atom. The molecule has 28 heavy (non-hydrogen) atoms. The molecule has 0 aromatic heterocycles. The Balaban J connectivity index is 1.99. The lowest BCUT2D eigenvalue weighted by atomic mass is 10.1. The van der Waals surface area contributed by atoms with Crippen LogP contribution in [0.15, 0.2) is 76.5 Å². The zero-order chi connectivity index (χ0) is 20.1. The molecule has 1 heterocycles. The predicted molar refractivity (Wildman–Crippen MR) is 95.3 cm³/mol. The van der Waals surface area contributed by atoms with E-state index < -0.39 is 23.5 Å². The summed E-state index contributed by atoms with van der Waals surface area (Å²) in [5.41, 5.74) is -1.82. The number of anilines is 3. The summed E-state index contributed by atoms with van der Waals surface area (Å²) in [4.78, 5) is 2.92.